The molecule has 0 unspecified atom stereocenters. The molecule has 0 saturated carbocycles. The van der Waals surface area contributed by atoms with Crippen molar-refractivity contribution < 1.29 is 14.3 Å². The molecule has 2 amide bonds. The first-order valence-electron chi connectivity index (χ1n) is 5.54. The molecule has 2 N–H and O–H groups in total. The number of nitrogens with one attached hydrogen (secondary N) is 2. The van der Waals surface area contributed by atoms with Gasteiger partial charge < -0.3 is 20.1 Å². The molecule has 0 aliphatic carbocycles. The zero-order valence-electron chi connectivity index (χ0n) is 10.5. The van der Waals surface area contributed by atoms with Gasteiger partial charge in [-0.2, -0.15) is 0 Å². The third-order valence-corrected chi connectivity index (χ3v) is 2.46. The van der Waals surface area contributed by atoms with Crippen LogP contribution in [-0.2, 0) is 4.74 Å². The van der Waals surface area contributed by atoms with Gasteiger partial charge in [0, 0.05) is 25.3 Å². The van der Waals surface area contributed by atoms with E-state index in [1.165, 1.54) is 7.11 Å². The molecule has 0 spiro atoms. The van der Waals surface area contributed by atoms with E-state index in [4.69, 9.17) is 21.1 Å². The summed E-state index contributed by atoms with van der Waals surface area (Å²) in [6, 6.07) is 4.73. The molecule has 18 heavy (non-hydrogen) atoms. The molecular weight excluding hydrogens is 256 g/mol. The SMILES string of the molecule is COCCCNC(=O)Nc1cc(Cl)ccc1OC. The summed E-state index contributed by atoms with van der Waals surface area (Å²) in [6.45, 7) is 1.16. The Balaban J connectivity index is 2.50. The number of anilines is 1. The van der Waals surface area contributed by atoms with E-state index in [2.05, 4.69) is 10.6 Å². The Hall–Kier alpha value is -1.46. The summed E-state index contributed by atoms with van der Waals surface area (Å²) < 4.78 is 10.0. The Morgan fingerprint density at radius 1 is 1.39 bits per heavy atom. The number of methoxy groups -OCH3 is 2. The van der Waals surface area contributed by atoms with E-state index in [0.29, 0.717) is 29.6 Å². The fourth-order valence-corrected chi connectivity index (χ4v) is 1.53. The molecule has 0 aliphatic heterocycles. The van der Waals surface area contributed by atoms with Crippen LogP contribution >= 0.6 is 11.6 Å². The lowest BCUT2D eigenvalue weighted by Crippen LogP contribution is -2.30. The number of carbonyl (C=O) groups is 1. The number of hydrogen-bond donors (Lipinski definition) is 2. The molecule has 100 valence electrons. The minimum atomic E-state index is -0.299. The van der Waals surface area contributed by atoms with Crippen molar-refractivity contribution in [2.24, 2.45) is 0 Å². The van der Waals surface area contributed by atoms with Crippen molar-refractivity contribution in [2.45, 2.75) is 6.42 Å². The quantitative estimate of drug-likeness (QED) is 0.782. The van der Waals surface area contributed by atoms with Crippen LogP contribution in [0.3, 0.4) is 0 Å². The van der Waals surface area contributed by atoms with Crippen molar-refractivity contribution in [1.82, 2.24) is 5.32 Å². The van der Waals surface area contributed by atoms with Crippen LogP contribution in [0.15, 0.2) is 18.2 Å². The lowest BCUT2D eigenvalue weighted by molar-refractivity contribution is 0.194. The summed E-state index contributed by atoms with van der Waals surface area (Å²) in [5, 5.41) is 5.92. The van der Waals surface area contributed by atoms with Crippen molar-refractivity contribution in [3.63, 3.8) is 0 Å². The fraction of sp³-hybridized carbons (Fsp3) is 0.417. The highest BCUT2D eigenvalue weighted by molar-refractivity contribution is 6.31. The number of halogens is 1. The highest BCUT2D eigenvalue weighted by Crippen LogP contribution is 2.27. The number of benzene rings is 1. The fourth-order valence-electron chi connectivity index (χ4n) is 1.36. The van der Waals surface area contributed by atoms with Gasteiger partial charge in [-0.25, -0.2) is 4.79 Å². The van der Waals surface area contributed by atoms with Gasteiger partial charge in [0.15, 0.2) is 0 Å². The molecule has 0 atom stereocenters. The zero-order chi connectivity index (χ0) is 13.4. The second-order valence-corrected chi connectivity index (χ2v) is 4.01. The van der Waals surface area contributed by atoms with Crippen LogP contribution in [-0.4, -0.2) is 33.4 Å². The maximum atomic E-state index is 11.6. The topological polar surface area (TPSA) is 59.6 Å². The second kappa shape index (κ2) is 7.79. The summed E-state index contributed by atoms with van der Waals surface area (Å²) >= 11 is 5.86. The van der Waals surface area contributed by atoms with Gasteiger partial charge in [-0.1, -0.05) is 11.6 Å². The van der Waals surface area contributed by atoms with E-state index in [0.717, 1.165) is 6.42 Å². The molecule has 5 nitrogen and oxygen atoms in total. The van der Waals surface area contributed by atoms with Gasteiger partial charge in [-0.15, -0.1) is 0 Å². The first-order valence-corrected chi connectivity index (χ1v) is 5.92. The Bertz CT molecular complexity index is 399. The number of hydrogen-bond acceptors (Lipinski definition) is 3. The van der Waals surface area contributed by atoms with Crippen LogP contribution in [0.2, 0.25) is 5.02 Å². The summed E-state index contributed by atoms with van der Waals surface area (Å²) in [5.74, 6) is 0.562. The van der Waals surface area contributed by atoms with Crippen LogP contribution in [0, 0.1) is 0 Å². The van der Waals surface area contributed by atoms with Crippen molar-refractivity contribution in [3.05, 3.63) is 23.2 Å². The average molecular weight is 273 g/mol. The number of amides is 2. The summed E-state index contributed by atoms with van der Waals surface area (Å²) in [6.07, 6.45) is 0.761. The predicted molar refractivity (Wildman–Crippen MR) is 71.5 cm³/mol. The standard InChI is InChI=1S/C12H17ClN2O3/c1-17-7-3-6-14-12(16)15-10-8-9(13)4-5-11(10)18-2/h4-5,8H,3,6-7H2,1-2H3,(H2,14,15,16). The number of ether oxygens (including phenoxy) is 2. The van der Waals surface area contributed by atoms with Crippen LogP contribution in [0.1, 0.15) is 6.42 Å². The molecule has 0 heterocycles. The van der Waals surface area contributed by atoms with Crippen molar-refractivity contribution in [2.75, 3.05) is 32.7 Å². The summed E-state index contributed by atoms with van der Waals surface area (Å²) in [5.41, 5.74) is 0.536. The average Bonchev–Trinajstić information content (AvgIpc) is 2.35. The normalized spacial score (nSPS) is 9.94. The van der Waals surface area contributed by atoms with Crippen molar-refractivity contribution in [3.8, 4) is 5.75 Å². The van der Waals surface area contributed by atoms with Crippen molar-refractivity contribution >= 4 is 23.3 Å². The van der Waals surface area contributed by atoms with Crippen LogP contribution in [0.4, 0.5) is 10.5 Å². The van der Waals surface area contributed by atoms with Gasteiger partial charge in [-0.05, 0) is 24.6 Å². The van der Waals surface area contributed by atoms with Gasteiger partial charge in [-0.3, -0.25) is 0 Å². The van der Waals surface area contributed by atoms with Gasteiger partial charge in [0.05, 0.1) is 12.8 Å². The van der Waals surface area contributed by atoms with Gasteiger partial charge in [0.25, 0.3) is 0 Å². The number of urea groups is 1. The Kier molecular flexibility index (Phi) is 6.32. The number of carbonyl (C=O) groups excluding carboxylic acids is 1. The summed E-state index contributed by atoms with van der Waals surface area (Å²) in [4.78, 5) is 11.6. The van der Waals surface area contributed by atoms with E-state index in [1.54, 1.807) is 25.3 Å². The second-order valence-electron chi connectivity index (χ2n) is 3.57. The van der Waals surface area contributed by atoms with Gasteiger partial charge in [0.1, 0.15) is 5.75 Å². The van der Waals surface area contributed by atoms with Gasteiger partial charge >= 0.3 is 6.03 Å². The molecule has 1 aromatic carbocycles. The summed E-state index contributed by atoms with van der Waals surface area (Å²) in [7, 11) is 3.15. The van der Waals surface area contributed by atoms with Crippen LogP contribution in [0.5, 0.6) is 5.75 Å². The molecular formula is C12H17ClN2O3. The van der Waals surface area contributed by atoms with E-state index < -0.39 is 0 Å². The first-order chi connectivity index (χ1) is 8.67. The lowest BCUT2D eigenvalue weighted by Gasteiger charge is -2.11. The zero-order valence-corrected chi connectivity index (χ0v) is 11.2. The monoisotopic (exact) mass is 272 g/mol. The maximum absolute atomic E-state index is 11.6. The Morgan fingerprint density at radius 2 is 2.17 bits per heavy atom. The van der Waals surface area contributed by atoms with Gasteiger partial charge in [0.2, 0.25) is 0 Å². The minimum absolute atomic E-state index is 0.299. The Labute approximate surface area is 111 Å². The molecule has 1 rings (SSSR count). The Morgan fingerprint density at radius 3 is 2.83 bits per heavy atom. The van der Waals surface area contributed by atoms with E-state index in [1.807, 2.05) is 0 Å². The molecule has 0 radical (unpaired) electrons. The highest BCUT2D eigenvalue weighted by Gasteiger charge is 2.07. The van der Waals surface area contributed by atoms with E-state index in [9.17, 15) is 4.79 Å². The van der Waals surface area contributed by atoms with Crippen molar-refractivity contribution in [1.29, 1.82) is 0 Å². The molecule has 0 saturated heterocycles. The third-order valence-electron chi connectivity index (χ3n) is 2.22. The highest BCUT2D eigenvalue weighted by atomic mass is 35.5. The van der Waals surface area contributed by atoms with Crippen LogP contribution < -0.4 is 15.4 Å². The number of rotatable bonds is 6. The largest absolute Gasteiger partial charge is 0.495 e. The molecule has 6 heteroatoms. The van der Waals surface area contributed by atoms with Crippen LogP contribution in [0.25, 0.3) is 0 Å². The first kappa shape index (κ1) is 14.6. The molecule has 0 aliphatic rings. The molecule has 1 aromatic rings. The predicted octanol–water partition coefficient (Wildman–Crippen LogP) is 2.51. The molecule has 0 bridgehead atoms. The van der Waals surface area contributed by atoms with E-state index in [-0.39, 0.29) is 6.03 Å². The molecule has 0 aromatic heterocycles. The van der Waals surface area contributed by atoms with E-state index >= 15 is 0 Å². The smallest absolute Gasteiger partial charge is 0.319 e. The maximum Gasteiger partial charge on any atom is 0.319 e. The minimum Gasteiger partial charge on any atom is -0.495 e. The molecule has 0 fully saturated rings. The third kappa shape index (κ3) is 4.81. The lowest BCUT2D eigenvalue weighted by atomic mass is 10.3.